The summed E-state index contributed by atoms with van der Waals surface area (Å²) in [6, 6.07) is -5.09. The van der Waals surface area contributed by atoms with Crippen LogP contribution in [0.5, 0.6) is 0 Å². The molecule has 6 amide bonds. The topological polar surface area (TPSA) is 195 Å². The lowest BCUT2D eigenvalue weighted by Gasteiger charge is -2.35. The van der Waals surface area contributed by atoms with Gasteiger partial charge < -0.3 is 40.5 Å². The number of amides is 6. The van der Waals surface area contributed by atoms with Gasteiger partial charge >= 0.3 is 5.97 Å². The highest BCUT2D eigenvalue weighted by molar-refractivity contribution is 5.98. The summed E-state index contributed by atoms with van der Waals surface area (Å²) >= 11 is 0. The number of cyclic esters (lactones) is 1. The third kappa shape index (κ3) is 10.2. The van der Waals surface area contributed by atoms with E-state index in [0.717, 1.165) is 49.1 Å². The number of fused-ring (bicyclic) bond motifs is 2. The summed E-state index contributed by atoms with van der Waals surface area (Å²) in [5, 5.41) is 17.8. The van der Waals surface area contributed by atoms with Gasteiger partial charge in [0, 0.05) is 32.6 Å². The normalized spacial score (nSPS) is 26.7. The van der Waals surface area contributed by atoms with Crippen molar-refractivity contribution in [3.8, 4) is 0 Å². The van der Waals surface area contributed by atoms with Gasteiger partial charge in [0.1, 0.15) is 54.5 Å². The van der Waals surface area contributed by atoms with Crippen molar-refractivity contribution in [3.05, 3.63) is 47.5 Å². The molecule has 4 aliphatic rings. The van der Waals surface area contributed by atoms with Gasteiger partial charge in [0.05, 0.1) is 6.61 Å². The van der Waals surface area contributed by atoms with Gasteiger partial charge in [-0.15, -0.1) is 0 Å². The molecule has 0 unspecified atom stereocenters. The van der Waals surface area contributed by atoms with E-state index in [2.05, 4.69) is 16.0 Å². The molecule has 300 valence electrons. The number of aliphatic hydroxyl groups excluding tert-OH is 1. The van der Waals surface area contributed by atoms with Crippen molar-refractivity contribution in [3.63, 3.8) is 0 Å². The van der Waals surface area contributed by atoms with Crippen molar-refractivity contribution < 1.29 is 52.2 Å². The standard InChI is InChI=1S/C38H50F2N6O9/c1-22-35(51)46-15-7-11-30(46)38(54)55-21-28(36(52)45-14-6-10-29(45)37(53)44(2)31(20-47)34(50)41-22)43-33(49)27(18-24-16-25(39)19-26(40)17-24)42-32(48)13-12-23-8-4-3-5-9-23/h12-13,16-17,19,22-23,27-31,47H,3-11,14-15,18,20-21H2,1-2H3,(H,41,50)(H,42,48)(H,43,49)/t22-,27-,28-,29-,30-,31-/m0/s1. The van der Waals surface area contributed by atoms with Crippen LogP contribution in [0, 0.1) is 17.6 Å². The van der Waals surface area contributed by atoms with Crippen LogP contribution < -0.4 is 16.0 Å². The van der Waals surface area contributed by atoms with Gasteiger partial charge in [-0.25, -0.2) is 13.6 Å². The molecule has 17 heteroatoms. The van der Waals surface area contributed by atoms with Gasteiger partial charge in [-0.05, 0) is 75.1 Å². The van der Waals surface area contributed by atoms with Crippen LogP contribution >= 0.6 is 0 Å². The fourth-order valence-corrected chi connectivity index (χ4v) is 7.81. The number of hydrogen-bond acceptors (Lipinski definition) is 9. The fraction of sp³-hybridized carbons (Fsp3) is 0.605. The first kappa shape index (κ1) is 41.2. The molecule has 5 rings (SSSR count). The average Bonchev–Trinajstić information content (AvgIpc) is 3.85. The van der Waals surface area contributed by atoms with Gasteiger partial charge in [-0.2, -0.15) is 0 Å². The molecule has 0 bridgehead atoms. The molecule has 1 aliphatic carbocycles. The molecule has 0 radical (unpaired) electrons. The van der Waals surface area contributed by atoms with Crippen molar-refractivity contribution >= 4 is 41.4 Å². The summed E-state index contributed by atoms with van der Waals surface area (Å²) in [7, 11) is 1.29. The van der Waals surface area contributed by atoms with Crippen LogP contribution in [-0.2, 0) is 44.7 Å². The van der Waals surface area contributed by atoms with E-state index < -0.39 is 103 Å². The first-order valence-electron chi connectivity index (χ1n) is 19.0. The lowest BCUT2D eigenvalue weighted by molar-refractivity contribution is -0.158. The van der Waals surface area contributed by atoms with Gasteiger partial charge in [0.2, 0.25) is 35.4 Å². The predicted molar refractivity (Wildman–Crippen MR) is 191 cm³/mol. The number of esters is 1. The smallest absolute Gasteiger partial charge is 0.328 e. The summed E-state index contributed by atoms with van der Waals surface area (Å²) in [6.07, 6.45) is 8.90. The summed E-state index contributed by atoms with van der Waals surface area (Å²) in [6.45, 7) is 0.160. The highest BCUT2D eigenvalue weighted by atomic mass is 19.1. The monoisotopic (exact) mass is 772 g/mol. The Bertz CT molecular complexity index is 1650. The Morgan fingerprint density at radius 1 is 0.909 bits per heavy atom. The number of hydrogen-bond donors (Lipinski definition) is 4. The third-order valence-electron chi connectivity index (χ3n) is 10.8. The van der Waals surface area contributed by atoms with E-state index in [4.69, 9.17) is 4.74 Å². The molecule has 0 aromatic heterocycles. The first-order chi connectivity index (χ1) is 26.3. The van der Waals surface area contributed by atoms with Crippen molar-refractivity contribution in [2.45, 2.75) is 107 Å². The molecule has 55 heavy (non-hydrogen) atoms. The predicted octanol–water partition coefficient (Wildman–Crippen LogP) is 0.476. The van der Waals surface area contributed by atoms with E-state index in [-0.39, 0.29) is 43.8 Å². The molecular formula is C38H50F2N6O9. The van der Waals surface area contributed by atoms with E-state index in [1.165, 1.54) is 29.8 Å². The number of ether oxygens (including phenoxy) is 1. The Hall–Kier alpha value is -4.93. The van der Waals surface area contributed by atoms with Gasteiger partial charge in [0.15, 0.2) is 0 Å². The van der Waals surface area contributed by atoms with E-state index >= 15 is 0 Å². The molecule has 1 aromatic carbocycles. The fourth-order valence-electron chi connectivity index (χ4n) is 7.81. The van der Waals surface area contributed by atoms with Crippen molar-refractivity contribution in [2.24, 2.45) is 5.92 Å². The van der Waals surface area contributed by atoms with E-state index in [0.29, 0.717) is 18.9 Å². The minimum absolute atomic E-state index is 0.0425. The Morgan fingerprint density at radius 3 is 2.20 bits per heavy atom. The Balaban J connectivity index is 1.44. The number of benzene rings is 1. The SMILES string of the molecule is C[C@@H]1NC(=O)[C@H](CO)N(C)C(=O)[C@@H]2CCCN2C(=O)[C@@H](NC(=O)[C@H](Cc2cc(F)cc(F)c2)NC(=O)C=CC2CCCCC2)COC(=O)[C@@H]2CCCN2C1=O. The summed E-state index contributed by atoms with van der Waals surface area (Å²) < 4.78 is 34.0. The molecule has 4 fully saturated rings. The molecule has 0 spiro atoms. The zero-order valence-electron chi connectivity index (χ0n) is 31.1. The lowest BCUT2D eigenvalue weighted by Crippen LogP contribution is -2.61. The largest absolute Gasteiger partial charge is 0.461 e. The molecule has 3 saturated heterocycles. The van der Waals surface area contributed by atoms with Gasteiger partial charge in [-0.1, -0.05) is 25.3 Å². The minimum Gasteiger partial charge on any atom is -0.461 e. The van der Waals surface area contributed by atoms with Gasteiger partial charge in [-0.3, -0.25) is 28.8 Å². The number of carbonyl (C=O) groups is 7. The molecule has 3 aliphatic heterocycles. The second-order valence-electron chi connectivity index (χ2n) is 14.7. The second-order valence-corrected chi connectivity index (χ2v) is 14.7. The maximum Gasteiger partial charge on any atom is 0.328 e. The van der Waals surface area contributed by atoms with Crippen LogP contribution in [0.3, 0.4) is 0 Å². The number of allylic oxidation sites excluding steroid dienone is 1. The third-order valence-corrected chi connectivity index (χ3v) is 10.8. The molecule has 1 saturated carbocycles. The summed E-state index contributed by atoms with van der Waals surface area (Å²) in [5.41, 5.74) is 0.0425. The highest BCUT2D eigenvalue weighted by Crippen LogP contribution is 2.25. The van der Waals surface area contributed by atoms with Crippen molar-refractivity contribution in [1.29, 1.82) is 0 Å². The Kier molecular flexibility index (Phi) is 13.9. The number of rotatable bonds is 8. The van der Waals surface area contributed by atoms with E-state index in [1.807, 2.05) is 0 Å². The molecule has 1 aromatic rings. The maximum absolute atomic E-state index is 14.3. The van der Waals surface area contributed by atoms with E-state index in [1.54, 1.807) is 6.08 Å². The minimum atomic E-state index is -1.61. The van der Waals surface area contributed by atoms with Gasteiger partial charge in [0.25, 0.3) is 0 Å². The molecule has 6 atom stereocenters. The molecule has 15 nitrogen and oxygen atoms in total. The summed E-state index contributed by atoms with van der Waals surface area (Å²) in [4.78, 5) is 98.9. The number of carbonyl (C=O) groups excluding carboxylic acids is 7. The number of nitrogens with one attached hydrogen (secondary N) is 3. The van der Waals surface area contributed by atoms with Crippen LogP contribution in [-0.4, -0.2) is 131 Å². The average molecular weight is 773 g/mol. The lowest BCUT2D eigenvalue weighted by atomic mass is 9.89. The van der Waals surface area contributed by atoms with Crippen LogP contribution in [0.4, 0.5) is 8.78 Å². The Labute approximate surface area is 318 Å². The number of halogens is 2. The first-order valence-corrected chi connectivity index (χ1v) is 19.0. The van der Waals surface area contributed by atoms with Crippen LogP contribution in [0.25, 0.3) is 0 Å². The highest BCUT2D eigenvalue weighted by Gasteiger charge is 2.44. The number of likely N-dealkylation sites (N-methyl/N-ethyl adjacent to an activating group) is 1. The summed E-state index contributed by atoms with van der Waals surface area (Å²) in [5.74, 6) is -6.97. The van der Waals surface area contributed by atoms with Crippen molar-refractivity contribution in [1.82, 2.24) is 30.7 Å². The Morgan fingerprint density at radius 2 is 1.55 bits per heavy atom. The zero-order valence-corrected chi connectivity index (χ0v) is 31.1. The van der Waals surface area contributed by atoms with Crippen molar-refractivity contribution in [2.75, 3.05) is 33.4 Å². The molecular weight excluding hydrogens is 722 g/mol. The quantitative estimate of drug-likeness (QED) is 0.215. The maximum atomic E-state index is 14.3. The van der Waals surface area contributed by atoms with E-state index in [9.17, 15) is 47.4 Å². The number of aliphatic hydroxyl groups is 1. The zero-order chi connectivity index (χ0) is 39.8. The molecule has 3 heterocycles. The number of nitrogens with zero attached hydrogens (tertiary/aromatic N) is 3. The second kappa shape index (κ2) is 18.6. The van der Waals surface area contributed by atoms with Crippen LogP contribution in [0.1, 0.15) is 70.3 Å². The van der Waals surface area contributed by atoms with Crippen LogP contribution in [0.2, 0.25) is 0 Å². The van der Waals surface area contributed by atoms with Crippen LogP contribution in [0.15, 0.2) is 30.4 Å². The molecule has 4 N–H and O–H groups in total.